The van der Waals surface area contributed by atoms with Crippen molar-refractivity contribution >= 4 is 11.7 Å². The molecular formula is C18H24N4O3. The minimum absolute atomic E-state index is 0.0746. The molecule has 1 aromatic heterocycles. The molecule has 0 fully saturated rings. The first-order chi connectivity index (χ1) is 11.7. The van der Waals surface area contributed by atoms with Gasteiger partial charge < -0.3 is 15.5 Å². The Kier molecular flexibility index (Phi) is 5.69. The van der Waals surface area contributed by atoms with Gasteiger partial charge in [0.15, 0.2) is 0 Å². The van der Waals surface area contributed by atoms with E-state index in [0.29, 0.717) is 13.0 Å². The summed E-state index contributed by atoms with van der Waals surface area (Å²) >= 11 is 0. The van der Waals surface area contributed by atoms with Crippen molar-refractivity contribution in [2.45, 2.75) is 52.1 Å². The van der Waals surface area contributed by atoms with Crippen LogP contribution in [0, 0.1) is 0 Å². The Balaban J connectivity index is 2.30. The van der Waals surface area contributed by atoms with E-state index in [1.165, 1.54) is 13.8 Å². The third-order valence-corrected chi connectivity index (χ3v) is 4.20. The van der Waals surface area contributed by atoms with E-state index in [1.54, 1.807) is 13.8 Å². The number of carbonyl (C=O) groups is 2. The summed E-state index contributed by atoms with van der Waals surface area (Å²) in [5.41, 5.74) is 6.80. The summed E-state index contributed by atoms with van der Waals surface area (Å²) in [6, 6.07) is 7.31. The summed E-state index contributed by atoms with van der Waals surface area (Å²) in [4.78, 5) is 23.4. The molecule has 0 aliphatic carbocycles. The number of aromatic nitrogens is 2. The van der Waals surface area contributed by atoms with Gasteiger partial charge in [0.05, 0.1) is 0 Å². The first-order valence-electron chi connectivity index (χ1n) is 8.14. The van der Waals surface area contributed by atoms with Crippen LogP contribution in [0.3, 0.4) is 0 Å². The van der Waals surface area contributed by atoms with E-state index in [9.17, 15) is 9.59 Å². The van der Waals surface area contributed by atoms with Gasteiger partial charge in [-0.05, 0) is 31.9 Å². The zero-order valence-corrected chi connectivity index (χ0v) is 15.0. The molecule has 3 N–H and O–H groups in total. The monoisotopic (exact) mass is 344 g/mol. The van der Waals surface area contributed by atoms with Crippen LogP contribution in [0.15, 0.2) is 28.7 Å². The summed E-state index contributed by atoms with van der Waals surface area (Å²) in [5.74, 6) is 0.235. The van der Waals surface area contributed by atoms with Gasteiger partial charge in [0, 0.05) is 19.9 Å². The fourth-order valence-corrected chi connectivity index (χ4v) is 2.34. The molecule has 0 saturated carbocycles. The first kappa shape index (κ1) is 18.8. The SMILES string of the molecule is CC(=O)N[C@@H](Cc1cccc(CN)c1)c1nnc(C(C)(C)C(C)=O)o1. The lowest BCUT2D eigenvalue weighted by molar-refractivity contribution is -0.122. The van der Waals surface area contributed by atoms with Gasteiger partial charge in [-0.25, -0.2) is 0 Å². The van der Waals surface area contributed by atoms with Crippen LogP contribution in [0.2, 0.25) is 0 Å². The van der Waals surface area contributed by atoms with E-state index in [1.807, 2.05) is 24.3 Å². The average Bonchev–Trinajstić information content (AvgIpc) is 3.04. The van der Waals surface area contributed by atoms with Crippen molar-refractivity contribution in [2.75, 3.05) is 0 Å². The number of carbonyl (C=O) groups excluding carboxylic acids is 2. The molecule has 25 heavy (non-hydrogen) atoms. The number of nitrogens with zero attached hydrogens (tertiary/aromatic N) is 2. The van der Waals surface area contributed by atoms with E-state index < -0.39 is 11.5 Å². The molecule has 7 heteroatoms. The van der Waals surface area contributed by atoms with Crippen LogP contribution >= 0.6 is 0 Å². The van der Waals surface area contributed by atoms with Crippen molar-refractivity contribution in [1.29, 1.82) is 0 Å². The van der Waals surface area contributed by atoms with Crippen molar-refractivity contribution < 1.29 is 14.0 Å². The molecule has 0 bridgehead atoms. The second-order valence-corrected chi connectivity index (χ2v) is 6.61. The largest absolute Gasteiger partial charge is 0.422 e. The lowest BCUT2D eigenvalue weighted by Gasteiger charge is -2.17. The van der Waals surface area contributed by atoms with Crippen LogP contribution in [0.4, 0.5) is 0 Å². The lowest BCUT2D eigenvalue weighted by atomic mass is 9.89. The molecule has 7 nitrogen and oxygen atoms in total. The normalized spacial score (nSPS) is 12.7. The Labute approximate surface area is 147 Å². The van der Waals surface area contributed by atoms with Gasteiger partial charge in [0.2, 0.25) is 17.7 Å². The van der Waals surface area contributed by atoms with Crippen molar-refractivity contribution in [1.82, 2.24) is 15.5 Å². The molecule has 0 aliphatic rings. The third-order valence-electron chi connectivity index (χ3n) is 4.20. The number of rotatable bonds is 7. The molecule has 0 spiro atoms. The van der Waals surface area contributed by atoms with Gasteiger partial charge in [0.1, 0.15) is 17.2 Å². The Hall–Kier alpha value is -2.54. The highest BCUT2D eigenvalue weighted by Crippen LogP contribution is 2.26. The minimum Gasteiger partial charge on any atom is -0.422 e. The number of Topliss-reactive ketones (excluding diaryl/α,β-unsaturated/α-hetero) is 1. The molecule has 0 radical (unpaired) electrons. The van der Waals surface area contributed by atoms with Gasteiger partial charge in [-0.3, -0.25) is 9.59 Å². The minimum atomic E-state index is -0.870. The first-order valence-corrected chi connectivity index (χ1v) is 8.14. The summed E-state index contributed by atoms with van der Waals surface area (Å²) in [6.45, 7) is 6.80. The number of hydrogen-bond acceptors (Lipinski definition) is 6. The van der Waals surface area contributed by atoms with Crippen LogP contribution in [0.25, 0.3) is 0 Å². The van der Waals surface area contributed by atoms with E-state index >= 15 is 0 Å². The predicted octanol–water partition coefficient (Wildman–Crippen LogP) is 1.81. The highest BCUT2D eigenvalue weighted by Gasteiger charge is 2.33. The van der Waals surface area contributed by atoms with Gasteiger partial charge in [-0.15, -0.1) is 10.2 Å². The average molecular weight is 344 g/mol. The molecule has 134 valence electrons. The molecule has 1 atom stereocenters. The van der Waals surface area contributed by atoms with Crippen LogP contribution in [0.1, 0.15) is 56.6 Å². The van der Waals surface area contributed by atoms with Gasteiger partial charge in [0.25, 0.3) is 0 Å². The molecule has 0 unspecified atom stereocenters. The standard InChI is InChI=1S/C18H24N4O3/c1-11(23)18(3,4)17-22-21-16(25-17)15(20-12(2)24)9-13-6-5-7-14(8-13)10-19/h5-8,15H,9-10,19H2,1-4H3,(H,20,24)/t15-/m0/s1. The number of nitrogens with one attached hydrogen (secondary N) is 1. The Morgan fingerprint density at radius 3 is 2.52 bits per heavy atom. The van der Waals surface area contributed by atoms with Gasteiger partial charge in [-0.2, -0.15) is 0 Å². The summed E-state index contributed by atoms with van der Waals surface area (Å²) in [6.07, 6.45) is 0.482. The van der Waals surface area contributed by atoms with Crippen molar-refractivity contribution in [3.63, 3.8) is 0 Å². The highest BCUT2D eigenvalue weighted by atomic mass is 16.4. The Morgan fingerprint density at radius 2 is 1.92 bits per heavy atom. The quantitative estimate of drug-likeness (QED) is 0.792. The fraction of sp³-hybridized carbons (Fsp3) is 0.444. The van der Waals surface area contributed by atoms with Crippen LogP contribution in [0.5, 0.6) is 0 Å². The lowest BCUT2D eigenvalue weighted by Crippen LogP contribution is -2.28. The Morgan fingerprint density at radius 1 is 1.24 bits per heavy atom. The molecule has 1 aromatic carbocycles. The van der Waals surface area contributed by atoms with Gasteiger partial charge in [-0.1, -0.05) is 24.3 Å². The molecule has 0 aliphatic heterocycles. The molecule has 2 rings (SSSR count). The van der Waals surface area contributed by atoms with Crippen molar-refractivity contribution in [3.8, 4) is 0 Å². The number of amides is 1. The van der Waals surface area contributed by atoms with Crippen LogP contribution in [-0.4, -0.2) is 21.9 Å². The van der Waals surface area contributed by atoms with Crippen molar-refractivity contribution in [3.05, 3.63) is 47.2 Å². The number of nitrogens with two attached hydrogens (primary N) is 1. The molecule has 1 heterocycles. The van der Waals surface area contributed by atoms with E-state index in [2.05, 4.69) is 15.5 Å². The molecule has 1 amide bonds. The maximum Gasteiger partial charge on any atom is 0.239 e. The summed E-state index contributed by atoms with van der Waals surface area (Å²) in [5, 5.41) is 10.9. The predicted molar refractivity (Wildman–Crippen MR) is 92.6 cm³/mol. The number of ketones is 1. The summed E-state index contributed by atoms with van der Waals surface area (Å²) in [7, 11) is 0. The number of hydrogen-bond donors (Lipinski definition) is 2. The maximum atomic E-state index is 11.8. The zero-order valence-electron chi connectivity index (χ0n) is 15.0. The molecular weight excluding hydrogens is 320 g/mol. The van der Waals surface area contributed by atoms with Crippen molar-refractivity contribution in [2.24, 2.45) is 5.73 Å². The van der Waals surface area contributed by atoms with Crippen LogP contribution < -0.4 is 11.1 Å². The topological polar surface area (TPSA) is 111 Å². The van der Waals surface area contributed by atoms with E-state index in [4.69, 9.17) is 10.2 Å². The number of benzene rings is 1. The highest BCUT2D eigenvalue weighted by molar-refractivity contribution is 5.85. The van der Waals surface area contributed by atoms with Gasteiger partial charge >= 0.3 is 0 Å². The zero-order chi connectivity index (χ0) is 18.6. The van der Waals surface area contributed by atoms with E-state index in [-0.39, 0.29) is 23.5 Å². The fourth-order valence-electron chi connectivity index (χ4n) is 2.34. The van der Waals surface area contributed by atoms with E-state index in [0.717, 1.165) is 11.1 Å². The molecule has 0 saturated heterocycles. The smallest absolute Gasteiger partial charge is 0.239 e. The molecule has 2 aromatic rings. The second-order valence-electron chi connectivity index (χ2n) is 6.61. The second kappa shape index (κ2) is 7.57. The Bertz CT molecular complexity index is 767. The van der Waals surface area contributed by atoms with Crippen LogP contribution in [-0.2, 0) is 28.0 Å². The third kappa shape index (κ3) is 4.51. The summed E-state index contributed by atoms with van der Waals surface area (Å²) < 4.78 is 5.72. The maximum absolute atomic E-state index is 11.8.